The molecule has 4 unspecified atom stereocenters. The number of ether oxygens (including phenoxy) is 4. The van der Waals surface area contributed by atoms with E-state index in [1.807, 2.05) is 29.2 Å². The Morgan fingerprint density at radius 1 is 1.07 bits per heavy atom. The van der Waals surface area contributed by atoms with Gasteiger partial charge < -0.3 is 28.7 Å². The summed E-state index contributed by atoms with van der Waals surface area (Å²) < 4.78 is 23.8. The normalized spacial score (nSPS) is 35.4. The van der Waals surface area contributed by atoms with Crippen molar-refractivity contribution in [2.24, 2.45) is 0 Å². The molecule has 3 saturated heterocycles. The fourth-order valence-electron chi connectivity index (χ4n) is 5.36. The predicted octanol–water partition coefficient (Wildman–Crippen LogP) is 1.24. The average molecular weight is 410 g/mol. The van der Waals surface area contributed by atoms with Crippen molar-refractivity contribution in [1.29, 1.82) is 0 Å². The number of nitrogens with zero attached hydrogens (tertiary/aromatic N) is 2. The number of carbonyl (C=O) groups is 1. The van der Waals surface area contributed by atoms with Crippen LogP contribution in [0.3, 0.4) is 0 Å². The molecule has 0 N–H and O–H groups in total. The number of hydrogen-bond acceptors (Lipinski definition) is 6. The first-order valence-electron chi connectivity index (χ1n) is 10.7. The Bertz CT molecular complexity index is 943. The average Bonchev–Trinajstić information content (AvgIpc) is 3.25. The van der Waals surface area contributed by atoms with Crippen molar-refractivity contribution in [2.75, 3.05) is 58.0 Å². The van der Waals surface area contributed by atoms with E-state index in [9.17, 15) is 4.79 Å². The van der Waals surface area contributed by atoms with Crippen LogP contribution in [0.2, 0.25) is 0 Å². The van der Waals surface area contributed by atoms with Gasteiger partial charge in [0.25, 0.3) is 0 Å². The van der Waals surface area contributed by atoms with Gasteiger partial charge in [-0.2, -0.15) is 0 Å². The molecule has 1 aromatic rings. The Kier molecular flexibility index (Phi) is 4.28. The molecular weight excluding hydrogens is 384 g/mol. The van der Waals surface area contributed by atoms with Gasteiger partial charge in [0.15, 0.2) is 0 Å². The second-order valence-corrected chi connectivity index (χ2v) is 8.66. The molecule has 7 nitrogen and oxygen atoms in total. The van der Waals surface area contributed by atoms with Gasteiger partial charge >= 0.3 is 0 Å². The number of fused-ring (bicyclic) bond motifs is 5. The first-order chi connectivity index (χ1) is 14.7. The molecule has 4 aliphatic heterocycles. The third-order valence-electron chi connectivity index (χ3n) is 6.84. The van der Waals surface area contributed by atoms with Crippen molar-refractivity contribution in [3.63, 3.8) is 0 Å². The number of carbonyl (C=O) groups excluding carboxylic acids is 1. The van der Waals surface area contributed by atoms with Gasteiger partial charge in [-0.1, -0.05) is 18.2 Å². The van der Waals surface area contributed by atoms with Crippen LogP contribution in [0.1, 0.15) is 5.56 Å². The lowest BCUT2D eigenvalue weighted by molar-refractivity contribution is -0.123. The molecule has 4 heterocycles. The largest absolute Gasteiger partial charge is 0.492 e. The van der Waals surface area contributed by atoms with Crippen molar-refractivity contribution in [3.05, 3.63) is 53.3 Å². The van der Waals surface area contributed by atoms with Crippen LogP contribution >= 0.6 is 0 Å². The van der Waals surface area contributed by atoms with Crippen LogP contribution in [-0.2, 0) is 29.2 Å². The van der Waals surface area contributed by atoms with Crippen molar-refractivity contribution in [1.82, 2.24) is 4.90 Å². The summed E-state index contributed by atoms with van der Waals surface area (Å²) >= 11 is 0. The third kappa shape index (κ3) is 2.62. The molecule has 158 valence electrons. The Balaban J connectivity index is 1.39. The Hall–Kier alpha value is -2.19. The van der Waals surface area contributed by atoms with E-state index in [0.717, 1.165) is 35.7 Å². The standard InChI is InChI=1S/C23H26N2O5/c1-24-6-7-27-15(12-24)13-25-18-5-3-2-4-16(18)23(22(25)26)14-30-19-11-21-20(10-17(19)23)28-8-9-29-21/h2-5,10-11,15,20-21H,6-9,12-14H2,1H3. The zero-order valence-electron chi connectivity index (χ0n) is 17.1. The lowest BCUT2D eigenvalue weighted by Crippen LogP contribution is -2.50. The number of allylic oxidation sites excluding steroid dienone is 1. The monoisotopic (exact) mass is 410 g/mol. The molecule has 5 aliphatic rings. The third-order valence-corrected chi connectivity index (χ3v) is 6.84. The van der Waals surface area contributed by atoms with Crippen molar-refractivity contribution in [2.45, 2.75) is 23.7 Å². The topological polar surface area (TPSA) is 60.5 Å². The maximum absolute atomic E-state index is 14.0. The van der Waals surface area contributed by atoms with E-state index in [1.165, 1.54) is 0 Å². The van der Waals surface area contributed by atoms with Gasteiger partial charge in [-0.15, -0.1) is 0 Å². The summed E-state index contributed by atoms with van der Waals surface area (Å²) in [7, 11) is 2.09. The minimum Gasteiger partial charge on any atom is -0.492 e. The minimum atomic E-state index is -0.825. The van der Waals surface area contributed by atoms with Gasteiger partial charge in [-0.05, 0) is 30.8 Å². The number of likely N-dealkylation sites (N-methyl/N-ethyl adjacent to an activating group) is 1. The molecule has 0 saturated carbocycles. The number of rotatable bonds is 2. The van der Waals surface area contributed by atoms with E-state index < -0.39 is 5.41 Å². The molecule has 1 spiro atoms. The lowest BCUT2D eigenvalue weighted by atomic mass is 9.74. The van der Waals surface area contributed by atoms with E-state index in [2.05, 4.69) is 24.1 Å². The first kappa shape index (κ1) is 18.6. The Morgan fingerprint density at radius 3 is 2.70 bits per heavy atom. The summed E-state index contributed by atoms with van der Waals surface area (Å²) in [6, 6.07) is 8.07. The Labute approximate surface area is 175 Å². The maximum atomic E-state index is 14.0. The highest BCUT2D eigenvalue weighted by Gasteiger charge is 2.59. The van der Waals surface area contributed by atoms with Gasteiger partial charge in [-0.25, -0.2) is 0 Å². The molecule has 0 bridgehead atoms. The Morgan fingerprint density at radius 2 is 1.87 bits per heavy atom. The van der Waals surface area contributed by atoms with Crippen LogP contribution in [0.5, 0.6) is 0 Å². The van der Waals surface area contributed by atoms with Crippen LogP contribution in [0.4, 0.5) is 5.69 Å². The van der Waals surface area contributed by atoms with Crippen LogP contribution in [0.15, 0.2) is 47.7 Å². The smallest absolute Gasteiger partial charge is 0.245 e. The van der Waals surface area contributed by atoms with E-state index in [1.54, 1.807) is 0 Å². The highest BCUT2D eigenvalue weighted by atomic mass is 16.6. The highest BCUT2D eigenvalue weighted by molar-refractivity contribution is 6.11. The zero-order chi connectivity index (χ0) is 20.3. The molecule has 7 heteroatoms. The van der Waals surface area contributed by atoms with Crippen molar-refractivity contribution < 1.29 is 23.7 Å². The molecule has 3 fully saturated rings. The maximum Gasteiger partial charge on any atom is 0.245 e. The summed E-state index contributed by atoms with van der Waals surface area (Å²) in [6.07, 6.45) is 3.69. The lowest BCUT2D eigenvalue weighted by Gasteiger charge is -2.34. The van der Waals surface area contributed by atoms with Crippen molar-refractivity contribution >= 4 is 11.6 Å². The number of amides is 1. The quantitative estimate of drug-likeness (QED) is 0.731. The predicted molar refractivity (Wildman–Crippen MR) is 109 cm³/mol. The molecule has 0 radical (unpaired) electrons. The molecule has 1 amide bonds. The molecular formula is C23H26N2O5. The summed E-state index contributed by atoms with van der Waals surface area (Å²) in [5, 5.41) is 0. The summed E-state index contributed by atoms with van der Waals surface area (Å²) in [6.45, 7) is 4.41. The van der Waals surface area contributed by atoms with Gasteiger partial charge in [0.1, 0.15) is 30.0 Å². The summed E-state index contributed by atoms with van der Waals surface area (Å²) in [5.74, 6) is 0.811. The number of benzene rings is 1. The second kappa shape index (κ2) is 6.92. The summed E-state index contributed by atoms with van der Waals surface area (Å²) in [5.41, 5.74) is 2.04. The van der Waals surface area contributed by atoms with E-state index in [4.69, 9.17) is 18.9 Å². The van der Waals surface area contributed by atoms with Gasteiger partial charge in [0.05, 0.1) is 32.5 Å². The first-order valence-corrected chi connectivity index (χ1v) is 10.7. The number of anilines is 1. The van der Waals surface area contributed by atoms with Crippen LogP contribution < -0.4 is 4.90 Å². The van der Waals surface area contributed by atoms with Crippen molar-refractivity contribution in [3.8, 4) is 0 Å². The van der Waals surface area contributed by atoms with Gasteiger partial charge in [-0.3, -0.25) is 4.79 Å². The minimum absolute atomic E-state index is 0.00645. The van der Waals surface area contributed by atoms with Crippen LogP contribution in [-0.4, -0.2) is 82.2 Å². The summed E-state index contributed by atoms with van der Waals surface area (Å²) in [4.78, 5) is 18.1. The van der Waals surface area contributed by atoms with E-state index in [-0.39, 0.29) is 24.2 Å². The molecule has 1 aromatic carbocycles. The van der Waals surface area contributed by atoms with E-state index >= 15 is 0 Å². The zero-order valence-corrected chi connectivity index (χ0v) is 17.1. The molecule has 0 aromatic heterocycles. The highest BCUT2D eigenvalue weighted by Crippen LogP contribution is 2.53. The molecule has 30 heavy (non-hydrogen) atoms. The van der Waals surface area contributed by atoms with Crippen LogP contribution in [0, 0.1) is 0 Å². The number of hydrogen-bond donors (Lipinski definition) is 0. The fraction of sp³-hybridized carbons (Fsp3) is 0.522. The molecule has 1 aliphatic carbocycles. The second-order valence-electron chi connectivity index (χ2n) is 8.66. The molecule has 4 atom stereocenters. The number of morpholine rings is 1. The van der Waals surface area contributed by atoms with Gasteiger partial charge in [0.2, 0.25) is 5.91 Å². The molecule has 6 rings (SSSR count). The van der Waals surface area contributed by atoms with Crippen LogP contribution in [0.25, 0.3) is 0 Å². The fourth-order valence-corrected chi connectivity index (χ4v) is 5.36. The number of para-hydroxylation sites is 1. The SMILES string of the molecule is CN1CCOC(CN2C(=O)C3(COC4=CC5OCCOC5C=C43)c3ccccc32)C1. The van der Waals surface area contributed by atoms with E-state index in [0.29, 0.717) is 33.0 Å². The van der Waals surface area contributed by atoms with Gasteiger partial charge in [0, 0.05) is 24.4 Å².